The summed E-state index contributed by atoms with van der Waals surface area (Å²) in [6.45, 7) is 3.91. The summed E-state index contributed by atoms with van der Waals surface area (Å²) in [6, 6.07) is 7.46. The normalized spacial score (nSPS) is 18.6. The molecule has 2 aromatic rings. The van der Waals surface area contributed by atoms with E-state index in [1.165, 1.54) is 0 Å². The van der Waals surface area contributed by atoms with Crippen molar-refractivity contribution >= 4 is 11.4 Å². The minimum absolute atomic E-state index is 0.179. The Balaban J connectivity index is 2.03. The van der Waals surface area contributed by atoms with Crippen molar-refractivity contribution in [3.8, 4) is 5.75 Å². The Morgan fingerprint density at radius 2 is 2.00 bits per heavy atom. The van der Waals surface area contributed by atoms with Gasteiger partial charge in [0.15, 0.2) is 5.76 Å². The number of fused-ring (bicyclic) bond motifs is 1. The molecule has 1 atom stereocenters. The lowest BCUT2D eigenvalue weighted by molar-refractivity contribution is 0.371. The van der Waals surface area contributed by atoms with E-state index >= 15 is 0 Å². The van der Waals surface area contributed by atoms with Crippen molar-refractivity contribution in [2.45, 2.75) is 32.6 Å². The van der Waals surface area contributed by atoms with Gasteiger partial charge < -0.3 is 9.63 Å². The second-order valence-electron chi connectivity index (χ2n) is 5.05. The molecule has 1 aromatic carbocycles. The molecule has 2 heterocycles. The van der Waals surface area contributed by atoms with Crippen LogP contribution in [0.3, 0.4) is 0 Å². The number of benzene rings is 1. The molecule has 1 aromatic heterocycles. The van der Waals surface area contributed by atoms with Crippen LogP contribution in [0.5, 0.6) is 5.75 Å². The molecule has 1 aliphatic heterocycles. The van der Waals surface area contributed by atoms with Crippen LogP contribution in [-0.4, -0.2) is 16.0 Å². The highest BCUT2D eigenvalue weighted by Gasteiger charge is 2.25. The molecule has 0 saturated carbocycles. The Hall–Kier alpha value is -2.10. The largest absolute Gasteiger partial charge is 0.508 e. The van der Waals surface area contributed by atoms with Crippen molar-refractivity contribution in [2.75, 3.05) is 0 Å². The zero-order valence-electron chi connectivity index (χ0n) is 11.1. The number of rotatable bonds is 1. The standard InChI is InChI=1S/C15H16N2O2/c1-9-7-11(12-5-3-4-6-13(12)18)8-14-15(16-9)10(2)17-19-14/h3-6,11,18H,7-8H2,1-2H3/t11-/m0/s1. The Kier molecular flexibility index (Phi) is 2.85. The summed E-state index contributed by atoms with van der Waals surface area (Å²) in [5.74, 6) is 1.32. The molecule has 0 fully saturated rings. The van der Waals surface area contributed by atoms with Gasteiger partial charge in [-0.25, -0.2) is 0 Å². The molecular formula is C15H16N2O2. The quantitative estimate of drug-likeness (QED) is 0.849. The molecular weight excluding hydrogens is 240 g/mol. The van der Waals surface area contributed by atoms with E-state index in [0.29, 0.717) is 12.2 Å². The topological polar surface area (TPSA) is 58.6 Å². The number of aliphatic imine (C=N–C) groups is 1. The van der Waals surface area contributed by atoms with E-state index in [4.69, 9.17) is 4.52 Å². The van der Waals surface area contributed by atoms with Crippen molar-refractivity contribution in [1.29, 1.82) is 0 Å². The van der Waals surface area contributed by atoms with E-state index in [2.05, 4.69) is 10.1 Å². The summed E-state index contributed by atoms with van der Waals surface area (Å²) in [7, 11) is 0. The van der Waals surface area contributed by atoms with Gasteiger partial charge in [-0.1, -0.05) is 23.4 Å². The predicted molar refractivity (Wildman–Crippen MR) is 73.2 cm³/mol. The van der Waals surface area contributed by atoms with Gasteiger partial charge in [-0.05, 0) is 37.8 Å². The molecule has 1 aliphatic rings. The number of aromatic nitrogens is 1. The second kappa shape index (κ2) is 4.53. The van der Waals surface area contributed by atoms with Crippen LogP contribution < -0.4 is 0 Å². The molecule has 1 N–H and O–H groups in total. The van der Waals surface area contributed by atoms with E-state index in [1.807, 2.05) is 32.0 Å². The van der Waals surface area contributed by atoms with E-state index in [1.54, 1.807) is 6.07 Å². The Morgan fingerprint density at radius 3 is 2.79 bits per heavy atom. The number of phenolic OH excluding ortho intramolecular Hbond substituents is 1. The van der Waals surface area contributed by atoms with Crippen LogP contribution in [0.25, 0.3) is 0 Å². The lowest BCUT2D eigenvalue weighted by atomic mass is 9.90. The molecule has 0 aliphatic carbocycles. The van der Waals surface area contributed by atoms with Gasteiger partial charge in [0.05, 0.1) is 0 Å². The number of hydrogen-bond acceptors (Lipinski definition) is 4. The Bertz CT molecular complexity index is 643. The molecule has 0 unspecified atom stereocenters. The first kappa shape index (κ1) is 12.0. The lowest BCUT2D eigenvalue weighted by Crippen LogP contribution is -2.05. The first-order chi connectivity index (χ1) is 9.15. The molecule has 3 rings (SSSR count). The fourth-order valence-electron chi connectivity index (χ4n) is 2.63. The summed E-state index contributed by atoms with van der Waals surface area (Å²) in [4.78, 5) is 4.58. The molecule has 98 valence electrons. The van der Waals surface area contributed by atoms with E-state index < -0.39 is 0 Å². The van der Waals surface area contributed by atoms with Crippen LogP contribution in [0.4, 0.5) is 5.69 Å². The molecule has 19 heavy (non-hydrogen) atoms. The van der Waals surface area contributed by atoms with Gasteiger partial charge in [-0.3, -0.25) is 4.99 Å². The number of hydrogen-bond donors (Lipinski definition) is 1. The van der Waals surface area contributed by atoms with Crippen LogP contribution in [0.1, 0.15) is 36.3 Å². The maximum atomic E-state index is 10.0. The monoisotopic (exact) mass is 256 g/mol. The van der Waals surface area contributed by atoms with Crippen LogP contribution in [0.2, 0.25) is 0 Å². The number of phenols is 1. The van der Waals surface area contributed by atoms with Gasteiger partial charge >= 0.3 is 0 Å². The summed E-state index contributed by atoms with van der Waals surface area (Å²) >= 11 is 0. The zero-order valence-corrected chi connectivity index (χ0v) is 11.1. The maximum Gasteiger partial charge on any atom is 0.163 e. The third-order valence-corrected chi connectivity index (χ3v) is 3.55. The highest BCUT2D eigenvalue weighted by atomic mass is 16.5. The Morgan fingerprint density at radius 1 is 1.21 bits per heavy atom. The van der Waals surface area contributed by atoms with Crippen LogP contribution in [0.15, 0.2) is 33.8 Å². The third kappa shape index (κ3) is 2.14. The highest BCUT2D eigenvalue weighted by molar-refractivity contribution is 5.86. The SMILES string of the molecule is CC1=Nc2c(C)noc2C[C@@H](c2ccccc2O)C1. The molecule has 0 saturated heterocycles. The van der Waals surface area contributed by atoms with Gasteiger partial charge in [0.25, 0.3) is 0 Å². The fraction of sp³-hybridized carbons (Fsp3) is 0.333. The van der Waals surface area contributed by atoms with Crippen molar-refractivity contribution in [3.05, 3.63) is 41.3 Å². The summed E-state index contributed by atoms with van der Waals surface area (Å²) < 4.78 is 5.37. The van der Waals surface area contributed by atoms with Crippen molar-refractivity contribution in [2.24, 2.45) is 4.99 Å². The lowest BCUT2D eigenvalue weighted by Gasteiger charge is -2.15. The first-order valence-corrected chi connectivity index (χ1v) is 6.42. The minimum Gasteiger partial charge on any atom is -0.508 e. The van der Waals surface area contributed by atoms with Crippen molar-refractivity contribution < 1.29 is 9.63 Å². The van der Waals surface area contributed by atoms with Crippen molar-refractivity contribution in [1.82, 2.24) is 5.16 Å². The van der Waals surface area contributed by atoms with Crippen LogP contribution >= 0.6 is 0 Å². The van der Waals surface area contributed by atoms with Gasteiger partial charge in [-0.2, -0.15) is 0 Å². The minimum atomic E-state index is 0.179. The number of aryl methyl sites for hydroxylation is 1. The van der Waals surface area contributed by atoms with Crippen molar-refractivity contribution in [3.63, 3.8) is 0 Å². The second-order valence-corrected chi connectivity index (χ2v) is 5.05. The zero-order chi connectivity index (χ0) is 13.4. The van der Waals surface area contributed by atoms with Gasteiger partial charge in [0.2, 0.25) is 0 Å². The smallest absolute Gasteiger partial charge is 0.163 e. The van der Waals surface area contributed by atoms with Crippen LogP contribution in [0, 0.1) is 6.92 Å². The molecule has 0 bridgehead atoms. The average molecular weight is 256 g/mol. The number of aromatic hydroxyl groups is 1. The molecule has 4 heteroatoms. The first-order valence-electron chi connectivity index (χ1n) is 6.42. The molecule has 0 radical (unpaired) electrons. The average Bonchev–Trinajstić information content (AvgIpc) is 2.62. The van der Waals surface area contributed by atoms with Gasteiger partial charge in [-0.15, -0.1) is 0 Å². The maximum absolute atomic E-state index is 10.0. The Labute approximate surface area is 111 Å². The van der Waals surface area contributed by atoms with Gasteiger partial charge in [0, 0.05) is 12.1 Å². The van der Waals surface area contributed by atoms with E-state index in [-0.39, 0.29) is 5.92 Å². The number of para-hydroxylation sites is 1. The fourth-order valence-corrected chi connectivity index (χ4v) is 2.63. The summed E-state index contributed by atoms with van der Waals surface area (Å²) in [5, 5.41) is 14.0. The number of nitrogens with zero attached hydrogens (tertiary/aromatic N) is 2. The molecule has 0 spiro atoms. The highest BCUT2D eigenvalue weighted by Crippen LogP contribution is 2.37. The predicted octanol–water partition coefficient (Wildman–Crippen LogP) is 3.51. The van der Waals surface area contributed by atoms with E-state index in [9.17, 15) is 5.11 Å². The van der Waals surface area contributed by atoms with Gasteiger partial charge in [0.1, 0.15) is 17.1 Å². The third-order valence-electron chi connectivity index (χ3n) is 3.55. The summed E-state index contributed by atoms with van der Waals surface area (Å²) in [5.41, 5.74) is 3.67. The molecule has 0 amide bonds. The summed E-state index contributed by atoms with van der Waals surface area (Å²) in [6.07, 6.45) is 1.54. The van der Waals surface area contributed by atoms with Crippen LogP contribution in [-0.2, 0) is 6.42 Å². The molecule has 4 nitrogen and oxygen atoms in total. The van der Waals surface area contributed by atoms with E-state index in [0.717, 1.165) is 34.8 Å².